The van der Waals surface area contributed by atoms with Gasteiger partial charge in [0.05, 0.1) is 12.2 Å². The van der Waals surface area contributed by atoms with Crippen LogP contribution in [-0.4, -0.2) is 37.1 Å². The highest BCUT2D eigenvalue weighted by molar-refractivity contribution is 4.67. The van der Waals surface area contributed by atoms with Crippen LogP contribution in [0.5, 0.6) is 0 Å². The summed E-state index contributed by atoms with van der Waals surface area (Å²) < 4.78 is 12.2. The molecule has 0 amide bonds. The van der Waals surface area contributed by atoms with Gasteiger partial charge in [-0.1, -0.05) is 110 Å². The number of rotatable bonds is 24. The Morgan fingerprint density at radius 3 is 1.52 bits per heavy atom. The van der Waals surface area contributed by atoms with Gasteiger partial charge in [0.2, 0.25) is 0 Å². The maximum Gasteiger partial charge on any atom is 0.0833 e. The average Bonchev–Trinajstić information content (AvgIpc) is 2.73. The van der Waals surface area contributed by atoms with E-state index in [4.69, 9.17) is 14.6 Å². The lowest BCUT2D eigenvalue weighted by Crippen LogP contribution is -2.30. The minimum Gasteiger partial charge on any atom is -0.396 e. The van der Waals surface area contributed by atoms with E-state index in [2.05, 4.69) is 20.8 Å². The van der Waals surface area contributed by atoms with Crippen molar-refractivity contribution in [3.63, 3.8) is 0 Å². The molecule has 0 aromatic heterocycles. The van der Waals surface area contributed by atoms with Gasteiger partial charge in [0.1, 0.15) is 0 Å². The lowest BCUT2D eigenvalue weighted by Gasteiger charge is -2.25. The first kappa shape index (κ1) is 28.9. The fraction of sp³-hybridized carbons (Fsp3) is 1.00. The molecule has 0 radical (unpaired) electrons. The van der Waals surface area contributed by atoms with Crippen molar-refractivity contribution in [1.29, 1.82) is 0 Å². The zero-order valence-electron chi connectivity index (χ0n) is 20.3. The fourth-order valence-electron chi connectivity index (χ4n) is 3.84. The molecule has 3 heteroatoms. The summed E-state index contributed by atoms with van der Waals surface area (Å²) in [5, 5.41) is 8.97. The highest BCUT2D eigenvalue weighted by Gasteiger charge is 2.18. The summed E-state index contributed by atoms with van der Waals surface area (Å²) in [5.41, 5.74) is 0. The predicted octanol–water partition coefficient (Wildman–Crippen LogP) is 7.83. The highest BCUT2D eigenvalue weighted by Crippen LogP contribution is 2.16. The minimum absolute atomic E-state index is 0.125. The maximum absolute atomic E-state index is 8.97. The molecule has 0 saturated carbocycles. The molecular formula is C26H54O3. The van der Waals surface area contributed by atoms with E-state index in [0.29, 0.717) is 13.0 Å². The molecule has 2 unspecified atom stereocenters. The topological polar surface area (TPSA) is 38.7 Å². The van der Waals surface area contributed by atoms with Crippen molar-refractivity contribution < 1.29 is 14.6 Å². The van der Waals surface area contributed by atoms with Crippen molar-refractivity contribution in [2.45, 2.75) is 149 Å². The van der Waals surface area contributed by atoms with Gasteiger partial charge >= 0.3 is 0 Å². The van der Waals surface area contributed by atoms with E-state index in [-0.39, 0.29) is 18.8 Å². The van der Waals surface area contributed by atoms with Crippen LogP contribution < -0.4 is 0 Å². The lowest BCUT2D eigenvalue weighted by molar-refractivity contribution is -0.0717. The van der Waals surface area contributed by atoms with Gasteiger partial charge in [-0.15, -0.1) is 0 Å². The van der Waals surface area contributed by atoms with Gasteiger partial charge < -0.3 is 14.6 Å². The van der Waals surface area contributed by atoms with Gasteiger partial charge in [-0.25, -0.2) is 0 Å². The molecule has 0 saturated heterocycles. The Morgan fingerprint density at radius 2 is 1.00 bits per heavy atom. The van der Waals surface area contributed by atoms with Crippen LogP contribution in [0.3, 0.4) is 0 Å². The predicted molar refractivity (Wildman–Crippen MR) is 127 cm³/mol. The van der Waals surface area contributed by atoms with E-state index in [0.717, 1.165) is 13.0 Å². The normalized spacial score (nSPS) is 13.7. The number of aliphatic hydroxyl groups is 1. The van der Waals surface area contributed by atoms with E-state index in [1.54, 1.807) is 0 Å². The van der Waals surface area contributed by atoms with Crippen LogP contribution in [0.4, 0.5) is 0 Å². The summed E-state index contributed by atoms with van der Waals surface area (Å²) in [6.45, 7) is 8.38. The van der Waals surface area contributed by atoms with Crippen molar-refractivity contribution >= 4 is 0 Å². The van der Waals surface area contributed by atoms with Crippen LogP contribution in [0.25, 0.3) is 0 Å². The monoisotopic (exact) mass is 414 g/mol. The molecule has 0 bridgehead atoms. The number of hydrogen-bond donors (Lipinski definition) is 1. The van der Waals surface area contributed by atoms with Gasteiger partial charge in [0.15, 0.2) is 0 Å². The van der Waals surface area contributed by atoms with Crippen LogP contribution in [0.15, 0.2) is 0 Å². The molecule has 0 rings (SSSR count). The van der Waals surface area contributed by atoms with Gasteiger partial charge in [-0.2, -0.15) is 0 Å². The van der Waals surface area contributed by atoms with Crippen LogP contribution in [0, 0.1) is 0 Å². The average molecular weight is 415 g/mol. The molecule has 0 aliphatic heterocycles. The number of hydrogen-bond acceptors (Lipinski definition) is 3. The zero-order valence-corrected chi connectivity index (χ0v) is 20.3. The molecular weight excluding hydrogens is 360 g/mol. The van der Waals surface area contributed by atoms with Crippen LogP contribution >= 0.6 is 0 Å². The molecule has 0 spiro atoms. The quantitative estimate of drug-likeness (QED) is 0.164. The summed E-state index contributed by atoms with van der Waals surface area (Å²) in [6, 6.07) is 0. The third-order valence-corrected chi connectivity index (χ3v) is 5.88. The van der Waals surface area contributed by atoms with Gasteiger partial charge in [-0.3, -0.25) is 0 Å². The summed E-state index contributed by atoms with van der Waals surface area (Å²) in [6.07, 6.45) is 23.7. The Labute approximate surface area is 183 Å². The first-order valence-corrected chi connectivity index (χ1v) is 13.1. The largest absolute Gasteiger partial charge is 0.396 e. The molecule has 0 aliphatic rings. The Hall–Kier alpha value is -0.120. The lowest BCUT2D eigenvalue weighted by atomic mass is 10.0. The maximum atomic E-state index is 8.97. The molecule has 176 valence electrons. The molecule has 2 atom stereocenters. The third-order valence-electron chi connectivity index (χ3n) is 5.88. The molecule has 0 fully saturated rings. The molecule has 0 aliphatic carbocycles. The van der Waals surface area contributed by atoms with Gasteiger partial charge in [0, 0.05) is 19.8 Å². The van der Waals surface area contributed by atoms with E-state index in [1.807, 2.05) is 0 Å². The van der Waals surface area contributed by atoms with E-state index in [1.165, 1.54) is 103 Å². The zero-order chi connectivity index (χ0) is 21.4. The molecule has 1 N–H and O–H groups in total. The number of unbranched alkanes of at least 4 members (excludes halogenated alkanes) is 14. The van der Waals surface area contributed by atoms with Gasteiger partial charge in [-0.05, 0) is 26.2 Å². The second-order valence-electron chi connectivity index (χ2n) is 8.80. The Bertz CT molecular complexity index is 296. The van der Waals surface area contributed by atoms with Crippen molar-refractivity contribution in [3.05, 3.63) is 0 Å². The van der Waals surface area contributed by atoms with E-state index in [9.17, 15) is 0 Å². The highest BCUT2D eigenvalue weighted by atomic mass is 16.5. The van der Waals surface area contributed by atoms with Crippen molar-refractivity contribution in [2.75, 3.05) is 19.8 Å². The van der Waals surface area contributed by atoms with Crippen LogP contribution in [-0.2, 0) is 9.47 Å². The second kappa shape index (κ2) is 24.2. The SMILES string of the molecule is CCCCCCCCCCCCOC(CCCCCCCC)C(C)OCCCO. The minimum atomic E-state index is 0.125. The summed E-state index contributed by atoms with van der Waals surface area (Å²) >= 11 is 0. The summed E-state index contributed by atoms with van der Waals surface area (Å²) in [7, 11) is 0. The van der Waals surface area contributed by atoms with Crippen LogP contribution in [0.2, 0.25) is 0 Å². The Kier molecular flexibility index (Phi) is 24.1. The molecule has 0 aromatic carbocycles. The first-order valence-electron chi connectivity index (χ1n) is 13.1. The van der Waals surface area contributed by atoms with Crippen molar-refractivity contribution in [2.24, 2.45) is 0 Å². The summed E-state index contributed by atoms with van der Waals surface area (Å²) in [5.74, 6) is 0. The van der Waals surface area contributed by atoms with E-state index >= 15 is 0 Å². The fourth-order valence-corrected chi connectivity index (χ4v) is 3.84. The molecule has 0 aromatic rings. The van der Waals surface area contributed by atoms with Crippen LogP contribution in [0.1, 0.15) is 136 Å². The molecule has 0 heterocycles. The standard InChI is InChI=1S/C26H54O3/c1-4-6-8-10-12-13-14-15-17-19-23-29-26(25(3)28-24-20-22-27)21-18-16-11-9-7-5-2/h25-27H,4-24H2,1-3H3. The molecule has 29 heavy (non-hydrogen) atoms. The van der Waals surface area contributed by atoms with Crippen molar-refractivity contribution in [1.82, 2.24) is 0 Å². The molecule has 3 nitrogen and oxygen atoms in total. The summed E-state index contributed by atoms with van der Waals surface area (Å²) in [4.78, 5) is 0. The van der Waals surface area contributed by atoms with Gasteiger partial charge in [0.25, 0.3) is 0 Å². The van der Waals surface area contributed by atoms with Crippen molar-refractivity contribution in [3.8, 4) is 0 Å². The van der Waals surface area contributed by atoms with E-state index < -0.39 is 0 Å². The smallest absolute Gasteiger partial charge is 0.0833 e. The third kappa shape index (κ3) is 20.9. The first-order chi connectivity index (χ1) is 14.3. The Morgan fingerprint density at radius 1 is 0.552 bits per heavy atom. The Balaban J connectivity index is 3.83. The number of ether oxygens (including phenoxy) is 2. The second-order valence-corrected chi connectivity index (χ2v) is 8.80. The number of aliphatic hydroxyl groups excluding tert-OH is 1.